The topological polar surface area (TPSA) is 107 Å². The summed E-state index contributed by atoms with van der Waals surface area (Å²) in [6.45, 7) is 1.89. The number of aromatic nitrogens is 2. The van der Waals surface area contributed by atoms with Crippen LogP contribution in [0.3, 0.4) is 0 Å². The van der Waals surface area contributed by atoms with Crippen molar-refractivity contribution in [3.8, 4) is 11.4 Å². The van der Waals surface area contributed by atoms with Crippen LogP contribution >= 0.6 is 0 Å². The van der Waals surface area contributed by atoms with Crippen molar-refractivity contribution in [2.24, 2.45) is 5.73 Å². The van der Waals surface area contributed by atoms with Crippen molar-refractivity contribution in [3.63, 3.8) is 0 Å². The number of hydrogen-bond donors (Lipinski definition) is 2. The van der Waals surface area contributed by atoms with Crippen LogP contribution in [-0.4, -0.2) is 20.6 Å². The fourth-order valence-corrected chi connectivity index (χ4v) is 5.14. The molecule has 1 aromatic carbocycles. The summed E-state index contributed by atoms with van der Waals surface area (Å²) in [5.74, 6) is -1.29. The Labute approximate surface area is 169 Å². The number of hydrogen-bond acceptors (Lipinski definition) is 6. The van der Waals surface area contributed by atoms with Crippen LogP contribution in [0.15, 0.2) is 16.9 Å². The SMILES string of the molecule is Cc1c(F)cc2nc3c(c4c2c1CCC4)Cn1c-3cc2c(c1=O)COC(=O)C2(N)O. The number of benzene rings is 1. The molecule has 3 N–H and O–H groups in total. The number of nitrogens with two attached hydrogens (primary N) is 1. The third-order valence-electron chi connectivity index (χ3n) is 6.70. The van der Waals surface area contributed by atoms with Gasteiger partial charge in [0.1, 0.15) is 12.4 Å². The highest BCUT2D eigenvalue weighted by Gasteiger charge is 2.44. The molecule has 2 aliphatic heterocycles. The Balaban J connectivity index is 1.69. The van der Waals surface area contributed by atoms with Gasteiger partial charge in [-0.3, -0.25) is 10.5 Å². The highest BCUT2D eigenvalue weighted by molar-refractivity contribution is 5.92. The molecular weight excluding hydrogens is 389 g/mol. The monoisotopic (exact) mass is 407 g/mol. The third-order valence-corrected chi connectivity index (χ3v) is 6.70. The second kappa shape index (κ2) is 5.53. The van der Waals surface area contributed by atoms with E-state index in [9.17, 15) is 19.1 Å². The fraction of sp³-hybridized carbons (Fsp3) is 0.318. The number of halogens is 1. The molecule has 0 bridgehead atoms. The minimum absolute atomic E-state index is 0.0363. The van der Waals surface area contributed by atoms with Crippen molar-refractivity contribution in [1.82, 2.24) is 9.55 Å². The number of fused-ring (bicyclic) bond motifs is 5. The fourth-order valence-electron chi connectivity index (χ4n) is 5.14. The molecule has 0 saturated carbocycles. The van der Waals surface area contributed by atoms with Gasteiger partial charge < -0.3 is 14.4 Å². The van der Waals surface area contributed by atoms with Crippen LogP contribution in [0.5, 0.6) is 0 Å². The van der Waals surface area contributed by atoms with Gasteiger partial charge in [0.15, 0.2) is 0 Å². The van der Waals surface area contributed by atoms with E-state index in [1.165, 1.54) is 6.07 Å². The number of carbonyl (C=O) groups is 1. The summed E-state index contributed by atoms with van der Waals surface area (Å²) in [6, 6.07) is 2.99. The van der Waals surface area contributed by atoms with Gasteiger partial charge in [0.05, 0.1) is 29.0 Å². The quantitative estimate of drug-likeness (QED) is 0.338. The van der Waals surface area contributed by atoms with E-state index in [0.717, 1.165) is 41.3 Å². The number of nitrogens with zero attached hydrogens (tertiary/aromatic N) is 2. The normalized spacial score (nSPS) is 21.3. The Morgan fingerprint density at radius 2 is 1.97 bits per heavy atom. The van der Waals surface area contributed by atoms with Crippen molar-refractivity contribution >= 4 is 16.9 Å². The van der Waals surface area contributed by atoms with Crippen LogP contribution in [0, 0.1) is 12.7 Å². The van der Waals surface area contributed by atoms with Gasteiger partial charge in [-0.2, -0.15) is 0 Å². The Hall–Kier alpha value is -3.10. The number of pyridine rings is 2. The Morgan fingerprint density at radius 3 is 2.77 bits per heavy atom. The van der Waals surface area contributed by atoms with Crippen LogP contribution in [0.25, 0.3) is 22.3 Å². The summed E-state index contributed by atoms with van der Waals surface area (Å²) >= 11 is 0. The van der Waals surface area contributed by atoms with Crippen LogP contribution < -0.4 is 11.3 Å². The molecule has 0 fully saturated rings. The van der Waals surface area contributed by atoms with Gasteiger partial charge in [-0.05, 0) is 48.9 Å². The number of cyclic esters (lactones) is 1. The summed E-state index contributed by atoms with van der Waals surface area (Å²) < 4.78 is 21.0. The second-order valence-electron chi connectivity index (χ2n) is 8.28. The van der Waals surface area contributed by atoms with Crippen LogP contribution in [-0.2, 0) is 41.2 Å². The number of ether oxygens (including phenoxy) is 1. The van der Waals surface area contributed by atoms with Crippen molar-refractivity contribution < 1.29 is 19.0 Å². The van der Waals surface area contributed by atoms with Crippen LogP contribution in [0.2, 0.25) is 0 Å². The molecule has 4 heterocycles. The first kappa shape index (κ1) is 17.7. The van der Waals surface area contributed by atoms with Gasteiger partial charge in [0.2, 0.25) is 5.72 Å². The summed E-state index contributed by atoms with van der Waals surface area (Å²) in [4.78, 5) is 29.9. The lowest BCUT2D eigenvalue weighted by atomic mass is 9.85. The van der Waals surface area contributed by atoms with E-state index in [0.29, 0.717) is 29.0 Å². The number of carbonyl (C=O) groups excluding carboxylic acids is 1. The van der Waals surface area contributed by atoms with E-state index in [4.69, 9.17) is 15.5 Å². The highest BCUT2D eigenvalue weighted by atomic mass is 19.1. The lowest BCUT2D eigenvalue weighted by molar-refractivity contribution is -0.171. The minimum Gasteiger partial charge on any atom is -0.457 e. The maximum Gasteiger partial charge on any atom is 0.358 e. The zero-order chi connectivity index (χ0) is 20.9. The van der Waals surface area contributed by atoms with Gasteiger partial charge in [0, 0.05) is 22.6 Å². The molecule has 3 aliphatic rings. The van der Waals surface area contributed by atoms with Gasteiger partial charge in [-0.25, -0.2) is 14.2 Å². The predicted octanol–water partition coefficient (Wildman–Crippen LogP) is 1.52. The number of rotatable bonds is 0. The van der Waals surface area contributed by atoms with E-state index in [-0.39, 0.29) is 29.1 Å². The first-order chi connectivity index (χ1) is 14.3. The molecule has 30 heavy (non-hydrogen) atoms. The molecule has 0 amide bonds. The molecule has 0 radical (unpaired) electrons. The first-order valence-corrected chi connectivity index (χ1v) is 9.88. The average Bonchev–Trinajstić information content (AvgIpc) is 3.09. The van der Waals surface area contributed by atoms with E-state index in [1.54, 1.807) is 17.6 Å². The zero-order valence-corrected chi connectivity index (χ0v) is 16.2. The van der Waals surface area contributed by atoms with Gasteiger partial charge >= 0.3 is 5.97 Å². The van der Waals surface area contributed by atoms with Crippen molar-refractivity contribution in [2.45, 2.75) is 45.1 Å². The number of esters is 1. The van der Waals surface area contributed by atoms with E-state index < -0.39 is 11.7 Å². The summed E-state index contributed by atoms with van der Waals surface area (Å²) in [7, 11) is 0. The summed E-state index contributed by atoms with van der Waals surface area (Å²) in [5, 5.41) is 11.5. The lowest BCUT2D eigenvalue weighted by Gasteiger charge is -2.29. The largest absolute Gasteiger partial charge is 0.457 e. The van der Waals surface area contributed by atoms with Gasteiger partial charge in [-0.15, -0.1) is 0 Å². The molecule has 1 atom stereocenters. The van der Waals surface area contributed by atoms with Crippen LogP contribution in [0.4, 0.5) is 4.39 Å². The molecule has 0 saturated heterocycles. The molecule has 3 aromatic rings. The van der Waals surface area contributed by atoms with E-state index >= 15 is 0 Å². The maximum atomic E-state index is 14.5. The molecule has 2 aromatic heterocycles. The van der Waals surface area contributed by atoms with Gasteiger partial charge in [-0.1, -0.05) is 0 Å². The lowest BCUT2D eigenvalue weighted by Crippen LogP contribution is -2.51. The standard InChI is InChI=1S/C22H18FN3O4/c1-9-10-3-2-4-11-12-7-26-17(19(12)25-16(18(10)11)6-15(9)23)5-14-13(20(26)27)8-30-21(28)22(14,24)29/h5-6,29H,2-4,7-8,24H2,1H3. The Bertz CT molecular complexity index is 1390. The molecule has 0 spiro atoms. The number of aryl methyl sites for hydroxylation is 2. The first-order valence-electron chi connectivity index (χ1n) is 9.88. The molecule has 7 nitrogen and oxygen atoms in total. The second-order valence-corrected chi connectivity index (χ2v) is 8.28. The molecule has 6 rings (SSSR count). The molecule has 1 aliphatic carbocycles. The zero-order valence-electron chi connectivity index (χ0n) is 16.2. The molecular formula is C22H18FN3O4. The van der Waals surface area contributed by atoms with E-state index in [1.807, 2.05) is 0 Å². The van der Waals surface area contributed by atoms with Crippen molar-refractivity contribution in [1.29, 1.82) is 0 Å². The summed E-state index contributed by atoms with van der Waals surface area (Å²) in [6.07, 6.45) is 2.52. The summed E-state index contributed by atoms with van der Waals surface area (Å²) in [5.41, 5.74) is 8.49. The molecule has 8 heteroatoms. The minimum atomic E-state index is -2.40. The number of aliphatic hydroxyl groups is 1. The van der Waals surface area contributed by atoms with Crippen LogP contribution in [0.1, 0.15) is 39.8 Å². The van der Waals surface area contributed by atoms with Crippen molar-refractivity contribution in [2.75, 3.05) is 0 Å². The Morgan fingerprint density at radius 1 is 1.20 bits per heavy atom. The van der Waals surface area contributed by atoms with E-state index in [2.05, 4.69) is 0 Å². The average molecular weight is 407 g/mol. The predicted molar refractivity (Wildman–Crippen MR) is 105 cm³/mol. The van der Waals surface area contributed by atoms with Crippen molar-refractivity contribution in [3.05, 3.63) is 61.7 Å². The Kier molecular flexibility index (Phi) is 3.27. The molecule has 152 valence electrons. The molecule has 1 unspecified atom stereocenters. The maximum absolute atomic E-state index is 14.5. The van der Waals surface area contributed by atoms with Gasteiger partial charge in [0.25, 0.3) is 5.56 Å². The smallest absolute Gasteiger partial charge is 0.358 e. The third kappa shape index (κ3) is 2.02. The highest BCUT2D eigenvalue weighted by Crippen LogP contribution is 2.42.